The Hall–Kier alpha value is -1.70. The molecule has 0 aliphatic rings. The third-order valence-electron chi connectivity index (χ3n) is 3.22. The number of nitrogens with zero attached hydrogens (tertiary/aromatic N) is 2. The zero-order valence-corrected chi connectivity index (χ0v) is 16.0. The van der Waals surface area contributed by atoms with E-state index in [1.54, 1.807) is 7.05 Å². The van der Waals surface area contributed by atoms with E-state index in [9.17, 15) is 0 Å². The lowest BCUT2D eigenvalue weighted by atomic mass is 10.2. The summed E-state index contributed by atoms with van der Waals surface area (Å²) in [6.45, 7) is 5.12. The van der Waals surface area contributed by atoms with Crippen LogP contribution in [0.2, 0.25) is 0 Å². The molecule has 0 fully saturated rings. The van der Waals surface area contributed by atoms with Gasteiger partial charge in [-0.25, -0.2) is 0 Å². The first-order chi connectivity index (χ1) is 10.8. The molecule has 0 saturated carbocycles. The van der Waals surface area contributed by atoms with Gasteiger partial charge < -0.3 is 19.9 Å². The fraction of sp³-hybridized carbons (Fsp3) is 0.353. The van der Waals surface area contributed by atoms with Gasteiger partial charge in [0, 0.05) is 39.1 Å². The van der Waals surface area contributed by atoms with Gasteiger partial charge in [0.1, 0.15) is 5.75 Å². The maximum Gasteiger partial charge on any atom is 0.191 e. The Morgan fingerprint density at radius 3 is 2.65 bits per heavy atom. The predicted octanol–water partition coefficient (Wildman–Crippen LogP) is 2.87. The molecule has 126 valence electrons. The molecule has 0 spiro atoms. The molecule has 1 aromatic carbocycles. The second-order valence-corrected chi connectivity index (χ2v) is 4.85. The number of hydrogen-bond donors (Lipinski definition) is 2. The van der Waals surface area contributed by atoms with Crippen LogP contribution < -0.4 is 15.4 Å². The summed E-state index contributed by atoms with van der Waals surface area (Å²) in [6.07, 6.45) is 4.11. The number of aromatic nitrogens is 1. The van der Waals surface area contributed by atoms with Gasteiger partial charge in [-0.3, -0.25) is 4.99 Å². The number of ether oxygens (including phenoxy) is 1. The van der Waals surface area contributed by atoms with Crippen LogP contribution in [0.15, 0.2) is 53.8 Å². The topological polar surface area (TPSA) is 50.6 Å². The van der Waals surface area contributed by atoms with Crippen LogP contribution in [0.25, 0.3) is 0 Å². The number of nitrogens with one attached hydrogen (secondary N) is 2. The van der Waals surface area contributed by atoms with Crippen LogP contribution in [-0.4, -0.2) is 30.7 Å². The zero-order chi connectivity index (χ0) is 15.6. The molecule has 0 saturated heterocycles. The van der Waals surface area contributed by atoms with Crippen molar-refractivity contribution in [3.8, 4) is 5.75 Å². The molecule has 2 aromatic rings. The average molecular weight is 428 g/mol. The lowest BCUT2D eigenvalue weighted by molar-refractivity contribution is 0.340. The molecule has 1 heterocycles. The van der Waals surface area contributed by atoms with Crippen molar-refractivity contribution in [3.05, 3.63) is 54.4 Å². The maximum absolute atomic E-state index is 5.51. The van der Waals surface area contributed by atoms with Crippen LogP contribution in [0.3, 0.4) is 0 Å². The van der Waals surface area contributed by atoms with Crippen molar-refractivity contribution < 1.29 is 4.74 Å². The Morgan fingerprint density at radius 1 is 1.17 bits per heavy atom. The van der Waals surface area contributed by atoms with Gasteiger partial charge in [0.25, 0.3) is 0 Å². The average Bonchev–Trinajstić information content (AvgIpc) is 3.05. The fourth-order valence-corrected chi connectivity index (χ4v) is 2.14. The van der Waals surface area contributed by atoms with Gasteiger partial charge in [-0.2, -0.15) is 0 Å². The van der Waals surface area contributed by atoms with Crippen molar-refractivity contribution in [1.82, 2.24) is 15.2 Å². The molecule has 0 amide bonds. The van der Waals surface area contributed by atoms with Crippen LogP contribution in [0, 0.1) is 0 Å². The van der Waals surface area contributed by atoms with E-state index in [1.165, 1.54) is 5.56 Å². The fourth-order valence-electron chi connectivity index (χ4n) is 2.14. The summed E-state index contributed by atoms with van der Waals surface area (Å²) in [7, 11) is 1.78. The molecule has 23 heavy (non-hydrogen) atoms. The lowest BCUT2D eigenvalue weighted by Gasteiger charge is -2.13. The number of guanidine groups is 1. The van der Waals surface area contributed by atoms with Gasteiger partial charge in [0.15, 0.2) is 5.96 Å². The zero-order valence-electron chi connectivity index (χ0n) is 13.7. The van der Waals surface area contributed by atoms with E-state index in [1.807, 2.05) is 37.3 Å². The van der Waals surface area contributed by atoms with E-state index in [0.29, 0.717) is 13.2 Å². The van der Waals surface area contributed by atoms with Crippen molar-refractivity contribution >= 4 is 29.9 Å². The number of halogens is 1. The normalized spacial score (nSPS) is 10.8. The SMILES string of the molecule is CCOc1cccc(CNC(=NC)NCCn2cccc2)c1.I. The van der Waals surface area contributed by atoms with E-state index >= 15 is 0 Å². The third-order valence-corrected chi connectivity index (χ3v) is 3.22. The molecule has 0 bridgehead atoms. The highest BCUT2D eigenvalue weighted by atomic mass is 127. The quantitative estimate of drug-likeness (QED) is 0.405. The molecule has 0 atom stereocenters. The largest absolute Gasteiger partial charge is 0.494 e. The minimum absolute atomic E-state index is 0. The van der Waals surface area contributed by atoms with E-state index in [2.05, 4.69) is 38.7 Å². The highest BCUT2D eigenvalue weighted by Gasteiger charge is 2.00. The smallest absolute Gasteiger partial charge is 0.191 e. The molecule has 1 aromatic heterocycles. The van der Waals surface area contributed by atoms with Gasteiger partial charge >= 0.3 is 0 Å². The summed E-state index contributed by atoms with van der Waals surface area (Å²) in [5.74, 6) is 1.70. The summed E-state index contributed by atoms with van der Waals surface area (Å²) in [5, 5.41) is 6.61. The molecular formula is C17H25IN4O. The summed E-state index contributed by atoms with van der Waals surface area (Å²) in [5.41, 5.74) is 1.17. The Balaban J connectivity index is 0.00000264. The minimum atomic E-state index is 0. The van der Waals surface area contributed by atoms with Crippen molar-refractivity contribution in [1.29, 1.82) is 0 Å². The van der Waals surface area contributed by atoms with Crippen LogP contribution in [-0.2, 0) is 13.1 Å². The van der Waals surface area contributed by atoms with Gasteiger partial charge in [0.05, 0.1) is 6.61 Å². The molecule has 0 aliphatic carbocycles. The highest BCUT2D eigenvalue weighted by Crippen LogP contribution is 2.12. The Kier molecular flexibility index (Phi) is 9.20. The van der Waals surface area contributed by atoms with E-state index in [-0.39, 0.29) is 24.0 Å². The van der Waals surface area contributed by atoms with E-state index < -0.39 is 0 Å². The first kappa shape index (κ1) is 19.3. The highest BCUT2D eigenvalue weighted by molar-refractivity contribution is 14.0. The molecule has 2 N–H and O–H groups in total. The number of hydrogen-bond acceptors (Lipinski definition) is 2. The molecule has 6 heteroatoms. The minimum Gasteiger partial charge on any atom is -0.494 e. The van der Waals surface area contributed by atoms with Gasteiger partial charge in [0.2, 0.25) is 0 Å². The van der Waals surface area contributed by atoms with Crippen molar-refractivity contribution in [3.63, 3.8) is 0 Å². The van der Waals surface area contributed by atoms with Crippen molar-refractivity contribution in [2.75, 3.05) is 20.2 Å². The Labute approximate surface area is 155 Å². The predicted molar refractivity (Wildman–Crippen MR) is 106 cm³/mol. The monoisotopic (exact) mass is 428 g/mol. The van der Waals surface area contributed by atoms with Crippen molar-refractivity contribution in [2.45, 2.75) is 20.0 Å². The molecule has 0 radical (unpaired) electrons. The number of benzene rings is 1. The Morgan fingerprint density at radius 2 is 1.96 bits per heavy atom. The summed E-state index contributed by atoms with van der Waals surface area (Å²) >= 11 is 0. The number of aliphatic imine (C=N–C) groups is 1. The van der Waals surface area contributed by atoms with Gasteiger partial charge in [-0.05, 0) is 36.8 Å². The molecule has 0 aliphatic heterocycles. The standard InChI is InChI=1S/C17H24N4O.HI/c1-3-22-16-8-6-7-15(13-16)14-20-17(18-2)19-9-12-21-10-4-5-11-21;/h4-8,10-11,13H,3,9,12,14H2,1-2H3,(H2,18,19,20);1H. The van der Waals surface area contributed by atoms with Crippen LogP contribution in [0.5, 0.6) is 5.75 Å². The van der Waals surface area contributed by atoms with Crippen LogP contribution in [0.1, 0.15) is 12.5 Å². The first-order valence-corrected chi connectivity index (χ1v) is 7.59. The third kappa shape index (κ3) is 6.94. The van der Waals surface area contributed by atoms with Crippen LogP contribution >= 0.6 is 24.0 Å². The number of rotatable bonds is 7. The van der Waals surface area contributed by atoms with E-state index in [0.717, 1.165) is 24.8 Å². The Bertz CT molecular complexity index is 584. The first-order valence-electron chi connectivity index (χ1n) is 7.59. The second-order valence-electron chi connectivity index (χ2n) is 4.85. The summed E-state index contributed by atoms with van der Waals surface area (Å²) in [6, 6.07) is 12.1. The molecular weight excluding hydrogens is 403 g/mol. The molecule has 0 unspecified atom stereocenters. The van der Waals surface area contributed by atoms with E-state index in [4.69, 9.17) is 4.74 Å². The lowest BCUT2D eigenvalue weighted by Crippen LogP contribution is -2.38. The maximum atomic E-state index is 5.51. The summed E-state index contributed by atoms with van der Waals surface area (Å²) in [4.78, 5) is 4.23. The van der Waals surface area contributed by atoms with Crippen molar-refractivity contribution in [2.24, 2.45) is 4.99 Å². The second kappa shape index (κ2) is 10.9. The van der Waals surface area contributed by atoms with Gasteiger partial charge in [-0.1, -0.05) is 12.1 Å². The molecule has 5 nitrogen and oxygen atoms in total. The summed E-state index contributed by atoms with van der Waals surface area (Å²) < 4.78 is 7.64. The molecule has 2 rings (SSSR count). The van der Waals surface area contributed by atoms with Gasteiger partial charge in [-0.15, -0.1) is 24.0 Å². The van der Waals surface area contributed by atoms with Crippen LogP contribution in [0.4, 0.5) is 0 Å².